The van der Waals surface area contributed by atoms with E-state index in [4.69, 9.17) is 9.47 Å². The average Bonchev–Trinajstić information content (AvgIpc) is 3.37. The van der Waals surface area contributed by atoms with Crippen LogP contribution in [-0.2, 0) is 9.53 Å². The molecule has 36 heavy (non-hydrogen) atoms. The van der Waals surface area contributed by atoms with Crippen molar-refractivity contribution in [2.24, 2.45) is 5.10 Å². The van der Waals surface area contributed by atoms with Crippen LogP contribution in [0.3, 0.4) is 0 Å². The highest BCUT2D eigenvalue weighted by atomic mass is 19.1. The number of methoxy groups -OCH3 is 2. The number of hydrazone groups is 1. The molecule has 0 fully saturated rings. The first-order chi connectivity index (χ1) is 17.5. The molecule has 0 bridgehead atoms. The average molecular weight is 490 g/mol. The zero-order chi connectivity index (χ0) is 25.5. The first-order valence-electron chi connectivity index (χ1n) is 11.6. The summed E-state index contributed by atoms with van der Waals surface area (Å²) in [5.41, 5.74) is 2.76. The van der Waals surface area contributed by atoms with Crippen molar-refractivity contribution in [1.82, 2.24) is 9.91 Å². The SMILES string of the molecule is COCCN(CC(=O)N1N=C(c2ccc(OC)cc2)C[C@H]1c1ccccc1)C(=O)c1cccc(F)c1. The summed E-state index contributed by atoms with van der Waals surface area (Å²) < 4.78 is 24.1. The Labute approximate surface area is 209 Å². The van der Waals surface area contributed by atoms with E-state index in [9.17, 15) is 14.0 Å². The Morgan fingerprint density at radius 1 is 1.03 bits per heavy atom. The first-order valence-corrected chi connectivity index (χ1v) is 11.6. The van der Waals surface area contributed by atoms with Gasteiger partial charge in [0.15, 0.2) is 0 Å². The Kier molecular flexibility index (Phi) is 8.07. The molecule has 1 atom stereocenters. The van der Waals surface area contributed by atoms with Crippen LogP contribution in [0.1, 0.15) is 33.9 Å². The minimum Gasteiger partial charge on any atom is -0.497 e. The number of amides is 2. The normalized spacial score (nSPS) is 14.9. The van der Waals surface area contributed by atoms with E-state index in [-0.39, 0.29) is 37.2 Å². The molecule has 3 aromatic rings. The molecule has 1 aliphatic heterocycles. The number of ether oxygens (including phenoxy) is 2. The van der Waals surface area contributed by atoms with Crippen molar-refractivity contribution in [3.05, 3.63) is 101 Å². The molecule has 4 rings (SSSR count). The molecule has 1 heterocycles. The maximum absolute atomic E-state index is 13.7. The van der Waals surface area contributed by atoms with Gasteiger partial charge in [0.1, 0.15) is 18.1 Å². The van der Waals surface area contributed by atoms with E-state index >= 15 is 0 Å². The molecule has 0 radical (unpaired) electrons. The number of benzene rings is 3. The summed E-state index contributed by atoms with van der Waals surface area (Å²) in [5, 5.41) is 6.13. The van der Waals surface area contributed by atoms with Crippen LogP contribution in [0.5, 0.6) is 5.75 Å². The number of hydrogen-bond donors (Lipinski definition) is 0. The second-order valence-electron chi connectivity index (χ2n) is 8.37. The van der Waals surface area contributed by atoms with Crippen LogP contribution in [0, 0.1) is 5.82 Å². The van der Waals surface area contributed by atoms with Crippen LogP contribution >= 0.6 is 0 Å². The molecule has 0 saturated heterocycles. The van der Waals surface area contributed by atoms with Crippen LogP contribution in [0.4, 0.5) is 4.39 Å². The van der Waals surface area contributed by atoms with Crippen LogP contribution in [0.25, 0.3) is 0 Å². The fraction of sp³-hybridized carbons (Fsp3) is 0.250. The van der Waals surface area contributed by atoms with Gasteiger partial charge in [-0.15, -0.1) is 0 Å². The van der Waals surface area contributed by atoms with Crippen molar-refractivity contribution < 1.29 is 23.5 Å². The van der Waals surface area contributed by atoms with E-state index in [1.54, 1.807) is 7.11 Å². The Hall–Kier alpha value is -4.04. The molecule has 2 amide bonds. The summed E-state index contributed by atoms with van der Waals surface area (Å²) in [6.07, 6.45) is 0.526. The van der Waals surface area contributed by atoms with Crippen molar-refractivity contribution in [1.29, 1.82) is 0 Å². The molecule has 0 N–H and O–H groups in total. The Morgan fingerprint density at radius 3 is 2.44 bits per heavy atom. The second-order valence-corrected chi connectivity index (χ2v) is 8.37. The Bertz CT molecular complexity index is 1230. The fourth-order valence-corrected chi connectivity index (χ4v) is 4.13. The molecule has 0 aromatic heterocycles. The predicted octanol–water partition coefficient (Wildman–Crippen LogP) is 4.30. The molecule has 0 saturated carbocycles. The van der Waals surface area contributed by atoms with Gasteiger partial charge in [0.2, 0.25) is 0 Å². The van der Waals surface area contributed by atoms with Crippen LogP contribution in [-0.4, -0.2) is 61.4 Å². The largest absolute Gasteiger partial charge is 0.497 e. The van der Waals surface area contributed by atoms with Gasteiger partial charge in [-0.1, -0.05) is 36.4 Å². The van der Waals surface area contributed by atoms with Crippen LogP contribution < -0.4 is 4.74 Å². The summed E-state index contributed by atoms with van der Waals surface area (Å²) in [7, 11) is 3.12. The second kappa shape index (κ2) is 11.6. The lowest BCUT2D eigenvalue weighted by Gasteiger charge is -2.27. The topological polar surface area (TPSA) is 71.4 Å². The van der Waals surface area contributed by atoms with Gasteiger partial charge >= 0.3 is 0 Å². The summed E-state index contributed by atoms with van der Waals surface area (Å²) in [4.78, 5) is 28.1. The zero-order valence-electron chi connectivity index (χ0n) is 20.3. The summed E-state index contributed by atoms with van der Waals surface area (Å²) in [6, 6.07) is 22.3. The van der Waals surface area contributed by atoms with Gasteiger partial charge < -0.3 is 14.4 Å². The third kappa shape index (κ3) is 5.78. The third-order valence-electron chi connectivity index (χ3n) is 6.02. The van der Waals surface area contributed by atoms with Gasteiger partial charge in [-0.05, 0) is 53.6 Å². The molecule has 7 nitrogen and oxygen atoms in total. The molecular weight excluding hydrogens is 461 g/mol. The van der Waals surface area contributed by atoms with E-state index < -0.39 is 11.7 Å². The standard InChI is InChI=1S/C28H28FN3O4/c1-35-16-15-31(28(34)22-9-6-10-23(29)17-22)19-27(33)32-26(21-7-4-3-5-8-21)18-25(30-32)20-11-13-24(36-2)14-12-20/h3-14,17,26H,15-16,18-19H2,1-2H3/t26-/m0/s1. The van der Waals surface area contributed by atoms with Crippen molar-refractivity contribution in [2.45, 2.75) is 12.5 Å². The van der Waals surface area contributed by atoms with Crippen molar-refractivity contribution in [3.63, 3.8) is 0 Å². The van der Waals surface area contributed by atoms with Gasteiger partial charge in [0, 0.05) is 25.6 Å². The number of rotatable bonds is 9. The number of halogens is 1. The van der Waals surface area contributed by atoms with E-state index in [1.165, 1.54) is 35.2 Å². The van der Waals surface area contributed by atoms with Crippen molar-refractivity contribution in [3.8, 4) is 5.75 Å². The molecular formula is C28H28FN3O4. The fourth-order valence-electron chi connectivity index (χ4n) is 4.13. The molecule has 3 aromatic carbocycles. The first kappa shape index (κ1) is 25.1. The quantitative estimate of drug-likeness (QED) is 0.449. The van der Waals surface area contributed by atoms with Gasteiger partial charge in [-0.2, -0.15) is 5.10 Å². The van der Waals surface area contributed by atoms with E-state index in [0.717, 1.165) is 28.7 Å². The number of carbonyl (C=O) groups is 2. The monoisotopic (exact) mass is 489 g/mol. The molecule has 186 valence electrons. The molecule has 8 heteroatoms. The molecule has 0 spiro atoms. The number of hydrogen-bond acceptors (Lipinski definition) is 5. The summed E-state index contributed by atoms with van der Waals surface area (Å²) in [6.45, 7) is 0.189. The lowest BCUT2D eigenvalue weighted by Crippen LogP contribution is -2.42. The highest BCUT2D eigenvalue weighted by Gasteiger charge is 2.34. The maximum atomic E-state index is 13.7. The molecule has 0 unspecified atom stereocenters. The minimum absolute atomic E-state index is 0.169. The number of nitrogens with zero attached hydrogens (tertiary/aromatic N) is 3. The van der Waals surface area contributed by atoms with Crippen molar-refractivity contribution >= 4 is 17.5 Å². The lowest BCUT2D eigenvalue weighted by atomic mass is 9.98. The zero-order valence-corrected chi connectivity index (χ0v) is 20.3. The van der Waals surface area contributed by atoms with Crippen molar-refractivity contribution in [2.75, 3.05) is 33.9 Å². The summed E-state index contributed by atoms with van der Waals surface area (Å²) in [5.74, 6) is -0.575. The molecule has 0 aliphatic carbocycles. The van der Waals surface area contributed by atoms with E-state index in [1.807, 2.05) is 54.6 Å². The van der Waals surface area contributed by atoms with Gasteiger partial charge in [0.25, 0.3) is 11.8 Å². The molecule has 1 aliphatic rings. The van der Waals surface area contributed by atoms with Crippen LogP contribution in [0.15, 0.2) is 84.0 Å². The van der Waals surface area contributed by atoms with E-state index in [0.29, 0.717) is 6.42 Å². The highest BCUT2D eigenvalue weighted by molar-refractivity contribution is 6.03. The maximum Gasteiger partial charge on any atom is 0.262 e. The summed E-state index contributed by atoms with van der Waals surface area (Å²) >= 11 is 0. The smallest absolute Gasteiger partial charge is 0.262 e. The lowest BCUT2D eigenvalue weighted by molar-refractivity contribution is -0.133. The van der Waals surface area contributed by atoms with Crippen LogP contribution in [0.2, 0.25) is 0 Å². The van der Waals surface area contributed by atoms with Gasteiger partial charge in [0.05, 0.1) is 25.5 Å². The minimum atomic E-state index is -0.517. The Balaban J connectivity index is 1.61. The predicted molar refractivity (Wildman–Crippen MR) is 134 cm³/mol. The Morgan fingerprint density at radius 2 is 1.78 bits per heavy atom. The number of carbonyl (C=O) groups excluding carboxylic acids is 2. The third-order valence-corrected chi connectivity index (χ3v) is 6.02. The van der Waals surface area contributed by atoms with Gasteiger partial charge in [-0.3, -0.25) is 9.59 Å². The van der Waals surface area contributed by atoms with E-state index in [2.05, 4.69) is 5.10 Å². The van der Waals surface area contributed by atoms with Gasteiger partial charge in [-0.25, -0.2) is 9.40 Å². The highest BCUT2D eigenvalue weighted by Crippen LogP contribution is 2.33.